The van der Waals surface area contributed by atoms with E-state index in [0.29, 0.717) is 29.9 Å². The maximum Gasteiger partial charge on any atom is 0.260 e. The van der Waals surface area contributed by atoms with Gasteiger partial charge in [-0.05, 0) is 32.0 Å². The number of likely N-dealkylation sites (N-methyl/N-ethyl adjacent to an activating group) is 1. The molecular formula is C13H17NO4. The maximum atomic E-state index is 11.5. The van der Waals surface area contributed by atoms with Crippen LogP contribution in [-0.2, 0) is 4.79 Å². The van der Waals surface area contributed by atoms with E-state index in [4.69, 9.17) is 9.47 Å². The number of benzene rings is 1. The van der Waals surface area contributed by atoms with Crippen LogP contribution in [0.25, 0.3) is 0 Å². The molecule has 18 heavy (non-hydrogen) atoms. The zero-order chi connectivity index (χ0) is 13.5. The summed E-state index contributed by atoms with van der Waals surface area (Å²) in [6, 6.07) is 4.85. The third-order valence-corrected chi connectivity index (χ3v) is 2.37. The molecule has 5 nitrogen and oxygen atoms in total. The Morgan fingerprint density at radius 3 is 2.78 bits per heavy atom. The molecular weight excluding hydrogens is 234 g/mol. The second kappa shape index (κ2) is 6.64. The molecule has 0 saturated carbocycles. The summed E-state index contributed by atoms with van der Waals surface area (Å²) < 4.78 is 10.5. The lowest BCUT2D eigenvalue weighted by Gasteiger charge is -2.15. The molecule has 0 bridgehead atoms. The normalized spacial score (nSPS) is 11.5. The van der Waals surface area contributed by atoms with Gasteiger partial charge in [0.2, 0.25) is 0 Å². The predicted molar refractivity (Wildman–Crippen MR) is 67.2 cm³/mol. The number of methoxy groups -OCH3 is 1. The van der Waals surface area contributed by atoms with Crippen LogP contribution >= 0.6 is 0 Å². The molecule has 98 valence electrons. The van der Waals surface area contributed by atoms with Gasteiger partial charge in [0.05, 0.1) is 12.7 Å². The van der Waals surface area contributed by atoms with Gasteiger partial charge >= 0.3 is 0 Å². The number of hydrogen-bond acceptors (Lipinski definition) is 4. The molecule has 0 aliphatic carbocycles. The zero-order valence-corrected chi connectivity index (χ0v) is 10.7. The Labute approximate surface area is 106 Å². The Balaban J connectivity index is 2.83. The molecule has 0 unspecified atom stereocenters. The predicted octanol–water partition coefficient (Wildman–Crippen LogP) is 1.41. The third-order valence-electron chi connectivity index (χ3n) is 2.37. The second-order valence-electron chi connectivity index (χ2n) is 3.68. The fourth-order valence-corrected chi connectivity index (χ4v) is 1.41. The molecule has 1 aromatic rings. The van der Waals surface area contributed by atoms with E-state index in [1.165, 1.54) is 7.11 Å². The van der Waals surface area contributed by atoms with Crippen molar-refractivity contribution in [1.29, 1.82) is 0 Å². The van der Waals surface area contributed by atoms with Crippen molar-refractivity contribution in [2.75, 3.05) is 13.7 Å². The summed E-state index contributed by atoms with van der Waals surface area (Å²) in [5.74, 6) is 0.713. The minimum absolute atomic E-state index is 0.217. The first-order valence-electron chi connectivity index (χ1n) is 5.70. The summed E-state index contributed by atoms with van der Waals surface area (Å²) in [7, 11) is 1.52. The van der Waals surface area contributed by atoms with Gasteiger partial charge in [-0.2, -0.15) is 0 Å². The molecule has 0 spiro atoms. The van der Waals surface area contributed by atoms with Crippen LogP contribution in [0.3, 0.4) is 0 Å². The first kappa shape index (κ1) is 14.0. The van der Waals surface area contributed by atoms with Crippen molar-refractivity contribution < 1.29 is 19.1 Å². The molecule has 0 fully saturated rings. The molecule has 1 rings (SSSR count). The molecule has 0 aromatic heterocycles. The Morgan fingerprint density at radius 2 is 2.22 bits per heavy atom. The first-order valence-corrected chi connectivity index (χ1v) is 5.70. The number of ether oxygens (including phenoxy) is 2. The smallest absolute Gasteiger partial charge is 0.260 e. The van der Waals surface area contributed by atoms with E-state index < -0.39 is 6.10 Å². The van der Waals surface area contributed by atoms with Gasteiger partial charge in [0.15, 0.2) is 12.4 Å². The average Bonchev–Trinajstić information content (AvgIpc) is 2.39. The summed E-state index contributed by atoms with van der Waals surface area (Å²) >= 11 is 0. The zero-order valence-electron chi connectivity index (χ0n) is 10.7. The van der Waals surface area contributed by atoms with Crippen molar-refractivity contribution in [2.45, 2.75) is 20.0 Å². The quantitative estimate of drug-likeness (QED) is 0.776. The van der Waals surface area contributed by atoms with Gasteiger partial charge in [0.1, 0.15) is 11.5 Å². The number of rotatable bonds is 6. The van der Waals surface area contributed by atoms with E-state index in [1.54, 1.807) is 25.1 Å². The summed E-state index contributed by atoms with van der Waals surface area (Å²) in [6.07, 6.45) is 0.0134. The highest BCUT2D eigenvalue weighted by Gasteiger charge is 2.15. The van der Waals surface area contributed by atoms with Crippen molar-refractivity contribution in [2.24, 2.45) is 0 Å². The summed E-state index contributed by atoms with van der Waals surface area (Å²) in [5, 5.41) is 2.65. The third kappa shape index (κ3) is 3.48. The number of hydrogen-bond donors (Lipinski definition) is 1. The van der Waals surface area contributed by atoms with Gasteiger partial charge in [-0.3, -0.25) is 9.59 Å². The lowest BCUT2D eigenvalue weighted by atomic mass is 10.2. The molecule has 0 aliphatic heterocycles. The number of aldehydes is 1. The minimum Gasteiger partial charge on any atom is -0.497 e. The minimum atomic E-state index is -0.656. The van der Waals surface area contributed by atoms with Crippen molar-refractivity contribution in [3.05, 3.63) is 23.8 Å². The Bertz CT molecular complexity index is 431. The Kier molecular flexibility index (Phi) is 5.17. The van der Waals surface area contributed by atoms with Gasteiger partial charge in [-0.25, -0.2) is 0 Å². The SMILES string of the molecule is CCNC(=O)[C@@H](C)Oc1ccc(OC)cc1C=O. The van der Waals surface area contributed by atoms with Crippen LogP contribution in [0.15, 0.2) is 18.2 Å². The highest BCUT2D eigenvalue weighted by molar-refractivity contribution is 5.82. The highest BCUT2D eigenvalue weighted by Crippen LogP contribution is 2.23. The number of amides is 1. The molecule has 1 amide bonds. The van der Waals surface area contributed by atoms with E-state index in [9.17, 15) is 9.59 Å². The molecule has 5 heteroatoms. The maximum absolute atomic E-state index is 11.5. The van der Waals surface area contributed by atoms with E-state index >= 15 is 0 Å². The molecule has 1 N–H and O–H groups in total. The lowest BCUT2D eigenvalue weighted by molar-refractivity contribution is -0.127. The van der Waals surface area contributed by atoms with Crippen LogP contribution in [0.2, 0.25) is 0 Å². The largest absolute Gasteiger partial charge is 0.497 e. The van der Waals surface area contributed by atoms with Crippen molar-refractivity contribution >= 4 is 12.2 Å². The molecule has 0 saturated heterocycles. The molecule has 0 radical (unpaired) electrons. The first-order chi connectivity index (χ1) is 8.62. The fraction of sp³-hybridized carbons (Fsp3) is 0.385. The van der Waals surface area contributed by atoms with Crippen LogP contribution < -0.4 is 14.8 Å². The van der Waals surface area contributed by atoms with Gasteiger partial charge < -0.3 is 14.8 Å². The van der Waals surface area contributed by atoms with Gasteiger partial charge in [-0.1, -0.05) is 0 Å². The Hall–Kier alpha value is -2.04. The van der Waals surface area contributed by atoms with Crippen LogP contribution in [-0.4, -0.2) is 32.0 Å². The Morgan fingerprint density at radius 1 is 1.50 bits per heavy atom. The topological polar surface area (TPSA) is 64.6 Å². The lowest BCUT2D eigenvalue weighted by Crippen LogP contribution is -2.36. The van der Waals surface area contributed by atoms with Crippen LogP contribution in [0.4, 0.5) is 0 Å². The van der Waals surface area contributed by atoms with E-state index in [0.717, 1.165) is 0 Å². The number of carbonyl (C=O) groups excluding carboxylic acids is 2. The number of nitrogens with one attached hydrogen (secondary N) is 1. The molecule has 0 heterocycles. The van der Waals surface area contributed by atoms with E-state index in [2.05, 4.69) is 5.32 Å². The highest BCUT2D eigenvalue weighted by atomic mass is 16.5. The van der Waals surface area contributed by atoms with E-state index in [1.807, 2.05) is 6.92 Å². The van der Waals surface area contributed by atoms with Crippen LogP contribution in [0.1, 0.15) is 24.2 Å². The molecule has 0 aliphatic rings. The van der Waals surface area contributed by atoms with Crippen LogP contribution in [0, 0.1) is 0 Å². The summed E-state index contributed by atoms with van der Waals surface area (Å²) in [6.45, 7) is 3.99. The average molecular weight is 251 g/mol. The fourth-order valence-electron chi connectivity index (χ4n) is 1.41. The number of carbonyl (C=O) groups is 2. The summed E-state index contributed by atoms with van der Waals surface area (Å²) in [5.41, 5.74) is 0.352. The monoisotopic (exact) mass is 251 g/mol. The molecule has 1 atom stereocenters. The van der Waals surface area contributed by atoms with Crippen molar-refractivity contribution in [3.8, 4) is 11.5 Å². The standard InChI is InChI=1S/C13H17NO4/c1-4-14-13(16)9(2)18-12-6-5-11(17-3)7-10(12)8-15/h5-9H,4H2,1-3H3,(H,14,16)/t9-/m1/s1. The molecule has 1 aromatic carbocycles. The van der Waals surface area contributed by atoms with Crippen molar-refractivity contribution in [3.63, 3.8) is 0 Å². The second-order valence-corrected chi connectivity index (χ2v) is 3.68. The summed E-state index contributed by atoms with van der Waals surface area (Å²) in [4.78, 5) is 22.5. The van der Waals surface area contributed by atoms with Gasteiger partial charge in [0, 0.05) is 6.54 Å². The van der Waals surface area contributed by atoms with E-state index in [-0.39, 0.29) is 5.91 Å². The van der Waals surface area contributed by atoms with Crippen molar-refractivity contribution in [1.82, 2.24) is 5.32 Å². The van der Waals surface area contributed by atoms with Crippen LogP contribution in [0.5, 0.6) is 11.5 Å². The van der Waals surface area contributed by atoms with Gasteiger partial charge in [0.25, 0.3) is 5.91 Å². The van der Waals surface area contributed by atoms with Gasteiger partial charge in [-0.15, -0.1) is 0 Å².